The summed E-state index contributed by atoms with van der Waals surface area (Å²) in [6.07, 6.45) is 90.4. The second-order valence-electron chi connectivity index (χ2n) is 18.6. The first-order valence-corrected chi connectivity index (χ1v) is 28.4. The molecule has 0 fully saturated rings. The van der Waals surface area contributed by atoms with Gasteiger partial charge in [-0.1, -0.05) is 276 Å². The van der Waals surface area contributed by atoms with E-state index in [4.69, 9.17) is 0 Å². The van der Waals surface area contributed by atoms with Crippen LogP contribution in [0, 0.1) is 0 Å². The first-order valence-electron chi connectivity index (χ1n) is 28.4. The monoisotopic (exact) mass is 938 g/mol. The Kier molecular flexibility index (Phi) is 54.9. The van der Waals surface area contributed by atoms with Gasteiger partial charge in [0.1, 0.15) is 0 Å². The van der Waals surface area contributed by atoms with Crippen molar-refractivity contribution in [2.45, 2.75) is 257 Å². The van der Waals surface area contributed by atoms with Gasteiger partial charge in [-0.2, -0.15) is 0 Å². The van der Waals surface area contributed by atoms with Gasteiger partial charge in [0.05, 0.1) is 18.8 Å². The number of aliphatic hydroxyl groups is 2. The van der Waals surface area contributed by atoms with Crippen molar-refractivity contribution in [1.82, 2.24) is 5.32 Å². The van der Waals surface area contributed by atoms with E-state index in [0.717, 1.165) is 89.9 Å². The minimum absolute atomic E-state index is 0.135. The predicted molar refractivity (Wildman–Crippen MR) is 303 cm³/mol. The maximum atomic E-state index is 12.4. The van der Waals surface area contributed by atoms with Gasteiger partial charge in [-0.15, -0.1) is 0 Å². The zero-order chi connectivity index (χ0) is 49.2. The number of allylic oxidation sites excluding steroid dienone is 21. The van der Waals surface area contributed by atoms with Gasteiger partial charge in [0.15, 0.2) is 0 Å². The van der Waals surface area contributed by atoms with Crippen LogP contribution >= 0.6 is 0 Å². The molecule has 0 saturated carbocycles. The Labute approximate surface area is 421 Å². The highest BCUT2D eigenvalue weighted by atomic mass is 16.3. The second kappa shape index (κ2) is 57.8. The Hall–Kier alpha value is -3.47. The predicted octanol–water partition coefficient (Wildman–Crippen LogP) is 19.0. The van der Waals surface area contributed by atoms with E-state index in [2.05, 4.69) is 141 Å². The van der Waals surface area contributed by atoms with Crippen LogP contribution in [-0.2, 0) is 4.79 Å². The summed E-state index contributed by atoms with van der Waals surface area (Å²) in [4.78, 5) is 12.4. The molecule has 2 unspecified atom stereocenters. The maximum Gasteiger partial charge on any atom is 0.220 e. The molecule has 2 atom stereocenters. The van der Waals surface area contributed by atoms with Gasteiger partial charge in [0.2, 0.25) is 5.91 Å². The fourth-order valence-electron chi connectivity index (χ4n) is 7.84. The first-order chi connectivity index (χ1) is 33.7. The number of hydrogen-bond donors (Lipinski definition) is 3. The first kappa shape index (κ1) is 64.5. The quantitative estimate of drug-likeness (QED) is 0.0420. The van der Waals surface area contributed by atoms with E-state index < -0.39 is 12.1 Å². The zero-order valence-electron chi connectivity index (χ0n) is 44.3. The van der Waals surface area contributed by atoms with Crippen LogP contribution in [0.4, 0.5) is 0 Å². The fraction of sp³-hybridized carbons (Fsp3) is 0.641. The molecule has 0 rings (SSSR count). The van der Waals surface area contributed by atoms with Crippen LogP contribution in [0.3, 0.4) is 0 Å². The molecule has 0 saturated heterocycles. The lowest BCUT2D eigenvalue weighted by atomic mass is 10.0. The van der Waals surface area contributed by atoms with E-state index in [1.165, 1.54) is 135 Å². The van der Waals surface area contributed by atoms with Crippen LogP contribution in [0.5, 0.6) is 0 Å². The fourth-order valence-corrected chi connectivity index (χ4v) is 7.84. The lowest BCUT2D eigenvalue weighted by Crippen LogP contribution is -2.45. The van der Waals surface area contributed by atoms with Crippen LogP contribution in [0.2, 0.25) is 0 Å². The molecule has 0 spiro atoms. The Morgan fingerprint density at radius 1 is 0.368 bits per heavy atom. The molecule has 386 valence electrons. The third-order valence-electron chi connectivity index (χ3n) is 12.1. The second-order valence-corrected chi connectivity index (χ2v) is 18.6. The topological polar surface area (TPSA) is 69.6 Å². The van der Waals surface area contributed by atoms with Crippen LogP contribution in [0.15, 0.2) is 134 Å². The molecule has 4 nitrogen and oxygen atoms in total. The van der Waals surface area contributed by atoms with Crippen LogP contribution < -0.4 is 5.32 Å². The Balaban J connectivity index is 3.71. The average Bonchev–Trinajstić information content (AvgIpc) is 3.34. The van der Waals surface area contributed by atoms with Crippen molar-refractivity contribution in [2.75, 3.05) is 6.61 Å². The third-order valence-corrected chi connectivity index (χ3v) is 12.1. The minimum Gasteiger partial charge on any atom is -0.394 e. The summed E-state index contributed by atoms with van der Waals surface area (Å²) < 4.78 is 0. The highest BCUT2D eigenvalue weighted by Crippen LogP contribution is 2.16. The average molecular weight is 939 g/mol. The molecule has 0 aliphatic rings. The van der Waals surface area contributed by atoms with Gasteiger partial charge in [0, 0.05) is 6.42 Å². The number of carbonyl (C=O) groups is 1. The summed E-state index contributed by atoms with van der Waals surface area (Å²) in [6, 6.07) is -0.682. The molecule has 0 radical (unpaired) electrons. The summed E-state index contributed by atoms with van der Waals surface area (Å²) >= 11 is 0. The Morgan fingerprint density at radius 2 is 0.662 bits per heavy atom. The Morgan fingerprint density at radius 3 is 1.03 bits per heavy atom. The number of aliphatic hydroxyl groups excluding tert-OH is 2. The van der Waals surface area contributed by atoms with Crippen molar-refractivity contribution in [3.8, 4) is 0 Å². The van der Waals surface area contributed by atoms with Crippen molar-refractivity contribution < 1.29 is 15.0 Å². The van der Waals surface area contributed by atoms with Gasteiger partial charge >= 0.3 is 0 Å². The molecule has 0 aromatic heterocycles. The van der Waals surface area contributed by atoms with Crippen LogP contribution in [0.25, 0.3) is 0 Å². The zero-order valence-corrected chi connectivity index (χ0v) is 44.3. The van der Waals surface area contributed by atoms with Gasteiger partial charge in [-0.25, -0.2) is 0 Å². The molecule has 0 heterocycles. The van der Waals surface area contributed by atoms with Crippen LogP contribution in [0.1, 0.15) is 245 Å². The minimum atomic E-state index is -0.898. The maximum absolute atomic E-state index is 12.4. The molecule has 0 aliphatic heterocycles. The van der Waals surface area contributed by atoms with Gasteiger partial charge in [0.25, 0.3) is 0 Å². The highest BCUT2D eigenvalue weighted by Gasteiger charge is 2.17. The molecule has 1 amide bonds. The number of unbranched alkanes of at least 4 members (excludes halogenated alkanes) is 23. The van der Waals surface area contributed by atoms with E-state index >= 15 is 0 Å². The van der Waals surface area contributed by atoms with E-state index in [1.807, 2.05) is 6.08 Å². The Bertz CT molecular complexity index is 1390. The molecule has 68 heavy (non-hydrogen) atoms. The summed E-state index contributed by atoms with van der Waals surface area (Å²) in [5.41, 5.74) is 0. The van der Waals surface area contributed by atoms with Crippen molar-refractivity contribution >= 4 is 5.91 Å². The molecular formula is C64H107NO3. The van der Waals surface area contributed by atoms with Crippen molar-refractivity contribution in [2.24, 2.45) is 0 Å². The van der Waals surface area contributed by atoms with Crippen molar-refractivity contribution in [3.63, 3.8) is 0 Å². The van der Waals surface area contributed by atoms with Crippen LogP contribution in [-0.4, -0.2) is 34.9 Å². The number of carbonyl (C=O) groups excluding carboxylic acids is 1. The van der Waals surface area contributed by atoms with E-state index in [0.29, 0.717) is 6.42 Å². The smallest absolute Gasteiger partial charge is 0.220 e. The molecule has 4 heteroatoms. The van der Waals surface area contributed by atoms with Crippen molar-refractivity contribution in [1.29, 1.82) is 0 Å². The lowest BCUT2D eigenvalue weighted by molar-refractivity contribution is -0.122. The molecule has 0 aliphatic carbocycles. The highest BCUT2D eigenvalue weighted by molar-refractivity contribution is 5.76. The van der Waals surface area contributed by atoms with Gasteiger partial charge < -0.3 is 15.5 Å². The molecule has 0 bridgehead atoms. The summed E-state index contributed by atoms with van der Waals surface area (Å²) in [5, 5.41) is 23.1. The normalized spacial score (nSPS) is 13.9. The summed E-state index contributed by atoms with van der Waals surface area (Å²) in [7, 11) is 0. The van der Waals surface area contributed by atoms with E-state index in [9.17, 15) is 15.0 Å². The SMILES string of the molecule is CC/C=C\C/C=C\C/C=C\C/C=C\C/C=C\C/C=C\C/C=C\C/C=C\C/C=C\CCCC(=O)NC(CO)C(O)/C=C/CC/C=C/CCCCCCCCCCCCCCCCCCCCCCC. The number of amides is 1. The largest absolute Gasteiger partial charge is 0.394 e. The summed E-state index contributed by atoms with van der Waals surface area (Å²) in [6.45, 7) is 4.17. The molecule has 0 aromatic carbocycles. The lowest BCUT2D eigenvalue weighted by Gasteiger charge is -2.19. The summed E-state index contributed by atoms with van der Waals surface area (Å²) in [5.74, 6) is -0.135. The number of nitrogens with one attached hydrogen (secondary N) is 1. The molecular weight excluding hydrogens is 831 g/mol. The third kappa shape index (κ3) is 53.5. The van der Waals surface area contributed by atoms with Gasteiger partial charge in [-0.05, 0) is 96.3 Å². The van der Waals surface area contributed by atoms with Crippen molar-refractivity contribution in [3.05, 3.63) is 134 Å². The molecule has 0 aromatic rings. The number of hydrogen-bond acceptors (Lipinski definition) is 3. The van der Waals surface area contributed by atoms with E-state index in [1.54, 1.807) is 6.08 Å². The standard InChI is InChI=1S/C64H107NO3/c1-3-5-7-9-11-13-15-17-19-21-23-25-27-29-31-32-34-36-38-40-42-44-46-48-50-52-54-56-58-60-64(68)65-62(61-66)63(67)59-57-55-53-51-49-47-45-43-41-39-37-35-33-30-28-26-24-22-20-18-16-14-12-10-8-6-4-2/h5,7,11,13,17,19,23,25,29,31,34,36,40,42,46,48-49,51-52,54,57,59,62-63,66-67H,3-4,6,8-10,12,14-16,18,20-22,24,26-28,30,32-33,35,37-39,41,43-45,47,50,53,55-56,58,60-61H2,1-2H3,(H,65,68)/b7-5-,13-11-,19-17-,25-23-,31-29-,36-34-,42-40-,48-46-,51-49+,54-52-,59-57+. The van der Waals surface area contributed by atoms with E-state index in [-0.39, 0.29) is 12.5 Å². The molecule has 3 N–H and O–H groups in total. The van der Waals surface area contributed by atoms with Gasteiger partial charge in [-0.3, -0.25) is 4.79 Å². The number of rotatable bonds is 50.